The molecule has 1 aliphatic heterocycles. The van der Waals surface area contributed by atoms with Crippen molar-refractivity contribution in [1.82, 2.24) is 19.5 Å². The number of nitrogen functional groups attached to an aromatic ring is 1. The Balaban J connectivity index is 1.59. The fraction of sp³-hybridized carbons (Fsp3) is 0.357. The van der Waals surface area contributed by atoms with Gasteiger partial charge in [0.2, 0.25) is 0 Å². The number of furan rings is 1. The lowest BCUT2D eigenvalue weighted by molar-refractivity contribution is -0.0499. The molecule has 5 atom stereocenters. The second-order valence-corrected chi connectivity index (χ2v) is 10.7. The summed E-state index contributed by atoms with van der Waals surface area (Å²) >= 11 is 4.18. The first-order valence-electron chi connectivity index (χ1n) is 8.75. The van der Waals surface area contributed by atoms with E-state index in [0.29, 0.717) is 0 Å². The molecule has 0 aliphatic carbocycles. The average molecular weight is 509 g/mol. The summed E-state index contributed by atoms with van der Waals surface area (Å²) in [6.45, 7) is -5.15. The number of hydrogen-bond donors (Lipinski definition) is 5. The monoisotopic (exact) mass is 509 g/mol. The largest absolute Gasteiger partial charge is 0.479 e. The van der Waals surface area contributed by atoms with Crippen LogP contribution >= 0.6 is 14.5 Å². The second-order valence-electron chi connectivity index (χ2n) is 6.49. The standard InChI is InChI=1S/C14H17N5O10P2S/c15-12-9-13(17-5-16-12)19(6-18-9)14-10(20)11(28-8-2-1-3-25-8)7(27-14)4-26-30(21,22)29-31(23,24)32/h1-3,5-7,10-11,14,20H,4H2,(H,21,22)(H2,15,16,17)(H2,23,24,32)/t7-,10-,11-,14-/m1/s1. The zero-order chi connectivity index (χ0) is 23.1. The number of imidazole rings is 1. The normalized spacial score (nSPS) is 25.8. The van der Waals surface area contributed by atoms with Crippen molar-refractivity contribution in [2.45, 2.75) is 24.5 Å². The molecule has 0 bridgehead atoms. The third kappa shape index (κ3) is 5.00. The lowest BCUT2D eigenvalue weighted by atomic mass is 10.1. The maximum absolute atomic E-state index is 11.9. The van der Waals surface area contributed by atoms with Crippen molar-refractivity contribution in [3.8, 4) is 5.95 Å². The maximum Gasteiger partial charge on any atom is 0.479 e. The van der Waals surface area contributed by atoms with Gasteiger partial charge >= 0.3 is 14.5 Å². The lowest BCUT2D eigenvalue weighted by Crippen LogP contribution is -2.39. The summed E-state index contributed by atoms with van der Waals surface area (Å²) in [5, 5.41) is 10.9. The Morgan fingerprint density at radius 1 is 1.28 bits per heavy atom. The highest BCUT2D eigenvalue weighted by Gasteiger charge is 2.48. The number of fused-ring (bicyclic) bond motifs is 1. The van der Waals surface area contributed by atoms with E-state index in [1.54, 1.807) is 6.07 Å². The second kappa shape index (κ2) is 8.76. The predicted octanol–water partition coefficient (Wildman–Crippen LogP) is 0.0501. The van der Waals surface area contributed by atoms with E-state index in [2.05, 4.69) is 31.1 Å². The number of aliphatic hydroxyl groups excluding tert-OH is 1. The van der Waals surface area contributed by atoms with Crippen LogP contribution in [0.4, 0.5) is 5.82 Å². The van der Waals surface area contributed by atoms with E-state index >= 15 is 0 Å². The molecule has 0 aromatic carbocycles. The van der Waals surface area contributed by atoms with Crippen LogP contribution in [0.25, 0.3) is 11.2 Å². The van der Waals surface area contributed by atoms with E-state index in [-0.39, 0.29) is 22.9 Å². The Kier molecular flexibility index (Phi) is 6.35. The van der Waals surface area contributed by atoms with Crippen LogP contribution < -0.4 is 10.5 Å². The van der Waals surface area contributed by atoms with Crippen molar-refractivity contribution in [3.63, 3.8) is 0 Å². The van der Waals surface area contributed by atoms with E-state index in [1.807, 2.05) is 0 Å². The molecule has 32 heavy (non-hydrogen) atoms. The zero-order valence-corrected chi connectivity index (χ0v) is 18.4. The van der Waals surface area contributed by atoms with Crippen LogP contribution in [-0.4, -0.2) is 64.2 Å². The Morgan fingerprint density at radius 3 is 2.75 bits per heavy atom. The quantitative estimate of drug-likeness (QED) is 0.253. The van der Waals surface area contributed by atoms with Gasteiger partial charge in [0.25, 0.3) is 5.95 Å². The minimum atomic E-state index is -4.96. The fourth-order valence-electron chi connectivity index (χ4n) is 3.08. The van der Waals surface area contributed by atoms with Gasteiger partial charge in [0.1, 0.15) is 24.1 Å². The number of nitrogens with two attached hydrogens (primary N) is 1. The van der Waals surface area contributed by atoms with Gasteiger partial charge in [0.05, 0.1) is 19.2 Å². The lowest BCUT2D eigenvalue weighted by Gasteiger charge is -2.21. The molecular weight excluding hydrogens is 492 g/mol. The summed E-state index contributed by atoms with van der Waals surface area (Å²) in [5.41, 5.74) is 6.32. The van der Waals surface area contributed by atoms with Gasteiger partial charge in [-0.15, -0.1) is 0 Å². The molecule has 174 valence electrons. The summed E-state index contributed by atoms with van der Waals surface area (Å²) in [6, 6.07) is 3.03. The van der Waals surface area contributed by atoms with Gasteiger partial charge in [-0.1, -0.05) is 0 Å². The van der Waals surface area contributed by atoms with Crippen molar-refractivity contribution in [2.24, 2.45) is 0 Å². The molecule has 15 nitrogen and oxygen atoms in total. The Morgan fingerprint density at radius 2 is 2.06 bits per heavy atom. The van der Waals surface area contributed by atoms with Gasteiger partial charge in [-0.05, 0) is 17.9 Å². The topological polar surface area (TPSA) is 218 Å². The van der Waals surface area contributed by atoms with Crippen molar-refractivity contribution in [1.29, 1.82) is 0 Å². The van der Waals surface area contributed by atoms with E-state index in [4.69, 9.17) is 33.9 Å². The average Bonchev–Trinajstić information content (AvgIpc) is 3.40. The molecule has 0 radical (unpaired) electrons. The molecular formula is C14H17N5O10P2S. The highest BCUT2D eigenvalue weighted by molar-refractivity contribution is 8.08. The van der Waals surface area contributed by atoms with Crippen molar-refractivity contribution in [3.05, 3.63) is 31.1 Å². The van der Waals surface area contributed by atoms with Gasteiger partial charge in [-0.25, -0.2) is 23.8 Å². The zero-order valence-electron chi connectivity index (χ0n) is 15.8. The molecule has 4 heterocycles. The van der Waals surface area contributed by atoms with Crippen LogP contribution in [0.2, 0.25) is 0 Å². The number of rotatable bonds is 8. The number of hydrogen-bond acceptors (Lipinski definition) is 12. The molecule has 1 aliphatic rings. The first-order valence-corrected chi connectivity index (χ1v) is 12.9. The SMILES string of the molecule is Nc1ncnc2c1ncn2[C@@H]1O[C@H](COP(=O)(O)OP(O)(O)=S)[C@@H](Oc2ccco2)[C@H]1O. The Bertz CT molecular complexity index is 1190. The molecule has 0 saturated carbocycles. The number of phosphoric ester groups is 1. The smallest absolute Gasteiger partial charge is 0.456 e. The highest BCUT2D eigenvalue weighted by atomic mass is 32.5. The molecule has 0 amide bonds. The van der Waals surface area contributed by atoms with Gasteiger partial charge in [0.15, 0.2) is 23.8 Å². The molecule has 4 rings (SSSR count). The van der Waals surface area contributed by atoms with Crippen molar-refractivity contribution < 1.29 is 47.1 Å². The van der Waals surface area contributed by atoms with Crippen LogP contribution in [-0.2, 0) is 29.9 Å². The summed E-state index contributed by atoms with van der Waals surface area (Å²) in [7, 11) is -4.96. The number of nitrogens with zero attached hydrogens (tertiary/aromatic N) is 4. The fourth-order valence-corrected chi connectivity index (χ4v) is 5.43. The van der Waals surface area contributed by atoms with E-state index < -0.39 is 45.7 Å². The minimum absolute atomic E-state index is 0.0370. The van der Waals surface area contributed by atoms with Crippen LogP contribution in [0.1, 0.15) is 6.23 Å². The van der Waals surface area contributed by atoms with Crippen LogP contribution in [0, 0.1) is 0 Å². The van der Waals surface area contributed by atoms with Crippen LogP contribution in [0.5, 0.6) is 5.95 Å². The first-order chi connectivity index (χ1) is 15.0. The molecule has 3 aromatic heterocycles. The van der Waals surface area contributed by atoms with E-state index in [9.17, 15) is 14.6 Å². The number of anilines is 1. The summed E-state index contributed by atoms with van der Waals surface area (Å²) < 4.78 is 38.8. The molecule has 0 spiro atoms. The van der Waals surface area contributed by atoms with Gasteiger partial charge in [0, 0.05) is 6.07 Å². The third-order valence-corrected chi connectivity index (χ3v) is 7.08. The minimum Gasteiger partial charge on any atom is -0.456 e. The van der Waals surface area contributed by atoms with Gasteiger partial charge in [-0.3, -0.25) is 9.09 Å². The molecule has 1 unspecified atom stereocenters. The van der Waals surface area contributed by atoms with Gasteiger partial charge in [-0.2, -0.15) is 0 Å². The van der Waals surface area contributed by atoms with E-state index in [0.717, 1.165) is 0 Å². The number of aromatic nitrogens is 4. The van der Waals surface area contributed by atoms with Gasteiger partial charge < -0.3 is 39.4 Å². The Labute approximate surface area is 184 Å². The summed E-state index contributed by atoms with van der Waals surface area (Å²) in [4.78, 5) is 39.9. The summed E-state index contributed by atoms with van der Waals surface area (Å²) in [5.74, 6) is 0.154. The number of ether oxygens (including phenoxy) is 2. The predicted molar refractivity (Wildman–Crippen MR) is 108 cm³/mol. The molecule has 3 aromatic rings. The van der Waals surface area contributed by atoms with Crippen LogP contribution in [0.3, 0.4) is 0 Å². The third-order valence-electron chi connectivity index (χ3n) is 4.33. The highest BCUT2D eigenvalue weighted by Crippen LogP contribution is 2.58. The first kappa shape index (κ1) is 23.2. The molecule has 1 fully saturated rings. The van der Waals surface area contributed by atoms with Crippen LogP contribution in [0.15, 0.2) is 35.5 Å². The molecule has 1 saturated heterocycles. The molecule has 18 heteroatoms. The van der Waals surface area contributed by atoms with E-state index in [1.165, 1.54) is 29.6 Å². The maximum atomic E-state index is 11.9. The molecule has 6 N–H and O–H groups in total. The van der Waals surface area contributed by atoms with Crippen molar-refractivity contribution >= 4 is 43.3 Å². The number of phosphoric acid groups is 1. The van der Waals surface area contributed by atoms with Crippen molar-refractivity contribution in [2.75, 3.05) is 12.3 Å². The summed E-state index contributed by atoms with van der Waals surface area (Å²) in [6.07, 6.45) is -0.920. The Hall–Kier alpha value is -1.97. The number of aliphatic hydroxyl groups is 1.